The molecule has 32 heavy (non-hydrogen) atoms. The standard InChI is InChI=1S/C25H31FN4O2/c26-18-11-9-17(10-12-18)25(32)30-14-5-4-8-22(30)23-27-21-13-15-29(16-20(21)24(31)28-23)19-6-2-1-3-7-19/h9-12,19,22H,1-8,13-16H2,(H,27,28,31). The Morgan fingerprint density at radius 3 is 2.53 bits per heavy atom. The van der Waals surface area contributed by atoms with Gasteiger partial charge in [0.15, 0.2) is 0 Å². The molecule has 1 aliphatic carbocycles. The molecule has 0 bridgehead atoms. The van der Waals surface area contributed by atoms with Gasteiger partial charge < -0.3 is 9.88 Å². The number of benzene rings is 1. The van der Waals surface area contributed by atoms with Gasteiger partial charge in [0.25, 0.3) is 11.5 Å². The predicted molar refractivity (Wildman–Crippen MR) is 120 cm³/mol. The Morgan fingerprint density at radius 2 is 1.75 bits per heavy atom. The van der Waals surface area contributed by atoms with E-state index in [1.807, 2.05) is 0 Å². The summed E-state index contributed by atoms with van der Waals surface area (Å²) in [5, 5.41) is 0. The van der Waals surface area contributed by atoms with Gasteiger partial charge in [0.1, 0.15) is 11.6 Å². The fourth-order valence-corrected chi connectivity index (χ4v) is 5.60. The molecule has 1 unspecified atom stereocenters. The third-order valence-electron chi connectivity index (χ3n) is 7.38. The Labute approximate surface area is 187 Å². The van der Waals surface area contributed by atoms with Gasteiger partial charge in [-0.2, -0.15) is 0 Å². The van der Waals surface area contributed by atoms with Crippen molar-refractivity contribution in [2.24, 2.45) is 0 Å². The highest BCUT2D eigenvalue weighted by Crippen LogP contribution is 2.31. The molecule has 1 amide bonds. The second-order valence-electron chi connectivity index (χ2n) is 9.41. The summed E-state index contributed by atoms with van der Waals surface area (Å²) in [6, 6.07) is 5.99. The van der Waals surface area contributed by atoms with Crippen LogP contribution in [0.15, 0.2) is 29.1 Å². The monoisotopic (exact) mass is 438 g/mol. The lowest BCUT2D eigenvalue weighted by atomic mass is 9.92. The number of nitrogens with zero attached hydrogens (tertiary/aromatic N) is 3. The number of likely N-dealkylation sites (tertiary alicyclic amines) is 1. The maximum Gasteiger partial charge on any atom is 0.255 e. The van der Waals surface area contributed by atoms with E-state index >= 15 is 0 Å². The first-order valence-electron chi connectivity index (χ1n) is 12.0. The molecular weight excluding hydrogens is 407 g/mol. The number of hydrogen-bond acceptors (Lipinski definition) is 4. The van der Waals surface area contributed by atoms with Gasteiger partial charge in [0.05, 0.1) is 17.3 Å². The van der Waals surface area contributed by atoms with Crippen molar-refractivity contribution in [1.29, 1.82) is 0 Å². The Hall–Kier alpha value is -2.54. The van der Waals surface area contributed by atoms with Crippen molar-refractivity contribution >= 4 is 5.91 Å². The van der Waals surface area contributed by atoms with E-state index in [-0.39, 0.29) is 23.3 Å². The smallest absolute Gasteiger partial charge is 0.255 e. The van der Waals surface area contributed by atoms with Crippen LogP contribution < -0.4 is 5.56 Å². The minimum atomic E-state index is -0.361. The second-order valence-corrected chi connectivity index (χ2v) is 9.41. The molecule has 1 saturated carbocycles. The summed E-state index contributed by atoms with van der Waals surface area (Å²) in [5.41, 5.74) is 2.07. The number of carbonyl (C=O) groups is 1. The third-order valence-corrected chi connectivity index (χ3v) is 7.38. The van der Waals surface area contributed by atoms with Gasteiger partial charge in [-0.05, 0) is 56.4 Å². The van der Waals surface area contributed by atoms with E-state index in [0.29, 0.717) is 30.5 Å². The van der Waals surface area contributed by atoms with E-state index < -0.39 is 0 Å². The summed E-state index contributed by atoms with van der Waals surface area (Å²) in [7, 11) is 0. The van der Waals surface area contributed by atoms with Gasteiger partial charge >= 0.3 is 0 Å². The average molecular weight is 439 g/mol. The lowest BCUT2D eigenvalue weighted by Crippen LogP contribution is -2.44. The van der Waals surface area contributed by atoms with E-state index in [1.54, 1.807) is 4.90 Å². The zero-order valence-corrected chi connectivity index (χ0v) is 18.5. The van der Waals surface area contributed by atoms with Crippen molar-refractivity contribution in [2.45, 2.75) is 76.4 Å². The molecule has 1 aromatic carbocycles. The summed E-state index contributed by atoms with van der Waals surface area (Å²) >= 11 is 0. The number of amides is 1. The molecule has 3 heterocycles. The number of piperidine rings is 1. The predicted octanol–water partition coefficient (Wildman–Crippen LogP) is 3.97. The zero-order chi connectivity index (χ0) is 22.1. The highest BCUT2D eigenvalue weighted by Gasteiger charge is 2.33. The van der Waals surface area contributed by atoms with Gasteiger partial charge in [0, 0.05) is 37.7 Å². The molecule has 2 aromatic rings. The van der Waals surface area contributed by atoms with E-state index in [1.165, 1.54) is 56.4 Å². The van der Waals surface area contributed by atoms with Crippen LogP contribution in [0, 0.1) is 5.82 Å². The number of nitrogens with one attached hydrogen (secondary N) is 1. The van der Waals surface area contributed by atoms with E-state index in [0.717, 1.165) is 43.5 Å². The van der Waals surface area contributed by atoms with Crippen molar-refractivity contribution in [2.75, 3.05) is 13.1 Å². The number of aromatic amines is 1. The largest absolute Gasteiger partial charge is 0.328 e. The Bertz CT molecular complexity index is 1030. The Kier molecular flexibility index (Phi) is 6.09. The molecule has 1 saturated heterocycles. The summed E-state index contributed by atoms with van der Waals surface area (Å²) < 4.78 is 13.3. The molecule has 0 spiro atoms. The summed E-state index contributed by atoms with van der Waals surface area (Å²) in [4.78, 5) is 38.4. The number of hydrogen-bond donors (Lipinski definition) is 1. The highest BCUT2D eigenvalue weighted by atomic mass is 19.1. The van der Waals surface area contributed by atoms with Crippen LogP contribution in [0.5, 0.6) is 0 Å². The maximum absolute atomic E-state index is 13.3. The molecule has 6 nitrogen and oxygen atoms in total. The second kappa shape index (κ2) is 9.14. The molecule has 1 aromatic heterocycles. The van der Waals surface area contributed by atoms with Gasteiger partial charge in [-0.1, -0.05) is 19.3 Å². The van der Waals surface area contributed by atoms with Crippen LogP contribution in [0.4, 0.5) is 4.39 Å². The van der Waals surface area contributed by atoms with Gasteiger partial charge in [0.2, 0.25) is 0 Å². The number of aromatic nitrogens is 2. The summed E-state index contributed by atoms with van der Waals surface area (Å²) in [6.45, 7) is 2.22. The average Bonchev–Trinajstić information content (AvgIpc) is 2.84. The number of halogens is 1. The minimum absolute atomic E-state index is 0.0646. The molecular formula is C25H31FN4O2. The van der Waals surface area contributed by atoms with Crippen LogP contribution in [-0.2, 0) is 13.0 Å². The van der Waals surface area contributed by atoms with Crippen molar-refractivity contribution in [3.05, 3.63) is 63.1 Å². The van der Waals surface area contributed by atoms with Crippen LogP contribution in [0.2, 0.25) is 0 Å². The van der Waals surface area contributed by atoms with E-state index in [2.05, 4.69) is 9.88 Å². The topological polar surface area (TPSA) is 69.3 Å². The van der Waals surface area contributed by atoms with Gasteiger partial charge in [-0.3, -0.25) is 14.5 Å². The first-order chi connectivity index (χ1) is 15.6. The SMILES string of the molecule is O=C(c1ccc(F)cc1)N1CCCCC1c1nc2c(c(=O)[nH]1)CN(C1CCCCC1)CC2. The van der Waals surface area contributed by atoms with Crippen molar-refractivity contribution in [1.82, 2.24) is 19.8 Å². The van der Waals surface area contributed by atoms with E-state index in [4.69, 9.17) is 4.98 Å². The molecule has 1 atom stereocenters. The number of fused-ring (bicyclic) bond motifs is 1. The number of rotatable bonds is 3. The normalized spacial score (nSPS) is 22.5. The molecule has 0 radical (unpaired) electrons. The molecule has 2 fully saturated rings. The molecule has 5 rings (SSSR count). The maximum atomic E-state index is 13.3. The fraction of sp³-hybridized carbons (Fsp3) is 0.560. The lowest BCUT2D eigenvalue weighted by Gasteiger charge is -2.38. The first-order valence-corrected chi connectivity index (χ1v) is 12.0. The van der Waals surface area contributed by atoms with Crippen molar-refractivity contribution < 1.29 is 9.18 Å². The molecule has 1 N–H and O–H groups in total. The van der Waals surface area contributed by atoms with Crippen LogP contribution in [0.1, 0.15) is 84.8 Å². The zero-order valence-electron chi connectivity index (χ0n) is 18.5. The van der Waals surface area contributed by atoms with Crippen LogP contribution in [0.25, 0.3) is 0 Å². The molecule has 3 aliphatic rings. The lowest BCUT2D eigenvalue weighted by molar-refractivity contribution is 0.0598. The first kappa shape index (κ1) is 21.3. The number of carbonyl (C=O) groups excluding carboxylic acids is 1. The molecule has 170 valence electrons. The van der Waals surface area contributed by atoms with Crippen LogP contribution >= 0.6 is 0 Å². The summed E-state index contributed by atoms with van der Waals surface area (Å²) in [5.74, 6) is 0.0910. The van der Waals surface area contributed by atoms with E-state index in [9.17, 15) is 14.0 Å². The third kappa shape index (κ3) is 4.22. The Balaban J connectivity index is 1.39. The van der Waals surface area contributed by atoms with Crippen molar-refractivity contribution in [3.8, 4) is 0 Å². The van der Waals surface area contributed by atoms with Gasteiger partial charge in [-0.15, -0.1) is 0 Å². The molecule has 7 heteroatoms. The van der Waals surface area contributed by atoms with Crippen LogP contribution in [-0.4, -0.2) is 44.8 Å². The molecule has 2 aliphatic heterocycles. The highest BCUT2D eigenvalue weighted by molar-refractivity contribution is 5.94. The summed E-state index contributed by atoms with van der Waals surface area (Å²) in [6.07, 6.45) is 9.76. The van der Waals surface area contributed by atoms with Crippen molar-refractivity contribution in [3.63, 3.8) is 0 Å². The number of H-pyrrole nitrogens is 1. The van der Waals surface area contributed by atoms with Crippen LogP contribution in [0.3, 0.4) is 0 Å². The quantitative estimate of drug-likeness (QED) is 0.787. The fourth-order valence-electron chi connectivity index (χ4n) is 5.60. The van der Waals surface area contributed by atoms with Gasteiger partial charge in [-0.25, -0.2) is 9.37 Å². The minimum Gasteiger partial charge on any atom is -0.328 e. The Morgan fingerprint density at radius 1 is 1.00 bits per heavy atom.